The zero-order chi connectivity index (χ0) is 49.3. The Balaban J connectivity index is 1.22. The number of rotatable bonds is 3. The van der Waals surface area contributed by atoms with E-state index in [2.05, 4.69) is 245 Å². The van der Waals surface area contributed by atoms with E-state index < -0.39 is 0 Å². The van der Waals surface area contributed by atoms with Crippen molar-refractivity contribution in [2.45, 2.75) is 123 Å². The predicted octanol–water partition coefficient (Wildman–Crippen LogP) is 16.3. The molecular formula is C67H65BN2O. The molecule has 0 fully saturated rings. The molecule has 13 rings (SSSR count). The van der Waals surface area contributed by atoms with Gasteiger partial charge >= 0.3 is 0 Å². The lowest BCUT2D eigenvalue weighted by Crippen LogP contribution is -2.62. The lowest BCUT2D eigenvalue weighted by atomic mass is 9.33. The first-order chi connectivity index (χ1) is 33.8. The molecule has 0 unspecified atom stereocenters. The Kier molecular flexibility index (Phi) is 9.12. The Morgan fingerprint density at radius 3 is 1.75 bits per heavy atom. The van der Waals surface area contributed by atoms with Crippen LogP contribution in [0, 0.1) is 6.92 Å². The van der Waals surface area contributed by atoms with E-state index in [1.807, 2.05) is 0 Å². The number of hydrogen-bond acceptors (Lipinski definition) is 3. The van der Waals surface area contributed by atoms with Gasteiger partial charge in [0.1, 0.15) is 11.2 Å². The maximum absolute atomic E-state index is 6.85. The van der Waals surface area contributed by atoms with Crippen LogP contribution in [-0.4, -0.2) is 6.71 Å². The first-order valence-corrected chi connectivity index (χ1v) is 26.1. The van der Waals surface area contributed by atoms with Crippen molar-refractivity contribution < 1.29 is 4.42 Å². The minimum atomic E-state index is -0.235. The Hall–Kier alpha value is -6.78. The van der Waals surface area contributed by atoms with E-state index in [4.69, 9.17) is 4.42 Å². The normalized spacial score (nSPS) is 17.5. The van der Waals surface area contributed by atoms with Crippen LogP contribution in [0.25, 0.3) is 33.1 Å². The van der Waals surface area contributed by atoms with Gasteiger partial charge in [-0.1, -0.05) is 185 Å². The minimum Gasteiger partial charge on any atom is -0.456 e. The van der Waals surface area contributed by atoms with Crippen LogP contribution in [0.4, 0.5) is 34.1 Å². The molecule has 0 atom stereocenters. The summed E-state index contributed by atoms with van der Waals surface area (Å²) in [6.45, 7) is 29.1. The molecule has 3 nitrogen and oxygen atoms in total. The van der Waals surface area contributed by atoms with Gasteiger partial charge in [0.2, 0.25) is 0 Å². The molecule has 0 saturated carbocycles. The fraction of sp³-hybridized carbons (Fsp3) is 0.284. The Labute approximate surface area is 421 Å². The van der Waals surface area contributed by atoms with Gasteiger partial charge in [-0.2, -0.15) is 0 Å². The van der Waals surface area contributed by atoms with Gasteiger partial charge < -0.3 is 14.2 Å². The molecule has 1 aromatic heterocycles. The van der Waals surface area contributed by atoms with E-state index in [1.54, 1.807) is 0 Å². The van der Waals surface area contributed by atoms with Crippen LogP contribution in [0.1, 0.15) is 134 Å². The number of aryl methyl sites for hydroxylation is 1. The summed E-state index contributed by atoms with van der Waals surface area (Å²) in [7, 11) is 0. The van der Waals surface area contributed by atoms with Gasteiger partial charge in [0.25, 0.3) is 6.71 Å². The van der Waals surface area contributed by atoms with Gasteiger partial charge in [-0.05, 0) is 145 Å². The number of furan rings is 1. The molecule has 9 aromatic rings. The average Bonchev–Trinajstić information content (AvgIpc) is 3.74. The van der Waals surface area contributed by atoms with E-state index in [9.17, 15) is 0 Å². The number of hydrogen-bond donors (Lipinski definition) is 0. The van der Waals surface area contributed by atoms with Gasteiger partial charge in [0, 0.05) is 44.5 Å². The predicted molar refractivity (Wildman–Crippen MR) is 303 cm³/mol. The van der Waals surface area contributed by atoms with Crippen molar-refractivity contribution in [2.24, 2.45) is 0 Å². The molecular weight excluding hydrogens is 860 g/mol. The summed E-state index contributed by atoms with van der Waals surface area (Å²) in [5, 5.41) is 2.29. The van der Waals surface area contributed by atoms with E-state index in [1.165, 1.54) is 107 Å². The molecule has 352 valence electrons. The zero-order valence-electron chi connectivity index (χ0n) is 43.7. The van der Waals surface area contributed by atoms with Crippen molar-refractivity contribution in [3.8, 4) is 11.1 Å². The summed E-state index contributed by atoms with van der Waals surface area (Å²) in [6, 6.07) is 58.2. The second kappa shape index (κ2) is 14.7. The topological polar surface area (TPSA) is 19.6 Å². The summed E-state index contributed by atoms with van der Waals surface area (Å²) in [5.74, 6) is 0. The third-order valence-corrected chi connectivity index (χ3v) is 17.8. The summed E-state index contributed by atoms with van der Waals surface area (Å²) in [5.41, 5.74) is 26.3. The van der Waals surface area contributed by atoms with Crippen LogP contribution in [0.15, 0.2) is 156 Å². The van der Waals surface area contributed by atoms with Crippen molar-refractivity contribution in [2.75, 3.05) is 9.80 Å². The van der Waals surface area contributed by atoms with Crippen LogP contribution in [0.2, 0.25) is 0 Å². The van der Waals surface area contributed by atoms with Gasteiger partial charge in [0.15, 0.2) is 0 Å². The number of anilines is 6. The van der Waals surface area contributed by atoms with Crippen LogP contribution in [0.3, 0.4) is 0 Å². The van der Waals surface area contributed by atoms with Crippen molar-refractivity contribution >= 4 is 79.2 Å². The molecule has 4 heteroatoms. The molecule has 0 saturated heterocycles. The van der Waals surface area contributed by atoms with Crippen LogP contribution >= 0.6 is 0 Å². The molecule has 3 heterocycles. The zero-order valence-corrected chi connectivity index (χ0v) is 43.7. The smallest absolute Gasteiger partial charge is 0.252 e. The fourth-order valence-corrected chi connectivity index (χ4v) is 13.7. The highest BCUT2D eigenvalue weighted by molar-refractivity contribution is 7.00. The average molecular weight is 925 g/mol. The van der Waals surface area contributed by atoms with Crippen molar-refractivity contribution in [1.82, 2.24) is 0 Å². The lowest BCUT2D eigenvalue weighted by Gasteiger charge is -2.49. The maximum Gasteiger partial charge on any atom is 0.252 e. The largest absolute Gasteiger partial charge is 0.456 e. The molecule has 0 N–H and O–H groups in total. The van der Waals surface area contributed by atoms with Gasteiger partial charge in [-0.3, -0.25) is 0 Å². The Bertz CT molecular complexity index is 3730. The number of fused-ring (bicyclic) bond motifs is 11. The number of nitrogens with zero attached hydrogens (tertiary/aromatic N) is 2. The van der Waals surface area contributed by atoms with Crippen LogP contribution < -0.4 is 26.2 Å². The van der Waals surface area contributed by atoms with Crippen molar-refractivity contribution in [3.05, 3.63) is 196 Å². The molecule has 0 spiro atoms. The molecule has 8 aromatic carbocycles. The van der Waals surface area contributed by atoms with E-state index in [-0.39, 0.29) is 33.8 Å². The SMILES string of the molecule is Cc1cc2c(cc1N1c3cc4c(cc3B3c5ccc6oc7ccccc7c6c5N(c5ccccc5-c5ccccc5)c5cc(C(C)(C)C)cc1c53)C(C)(C)c1ccccc1C4(C)C)C(C)(C)CCC2(C)C. The molecule has 2 aliphatic carbocycles. The Morgan fingerprint density at radius 2 is 1.06 bits per heavy atom. The van der Waals surface area contributed by atoms with Gasteiger partial charge in [-0.15, -0.1) is 0 Å². The molecule has 0 radical (unpaired) electrons. The molecule has 0 amide bonds. The van der Waals surface area contributed by atoms with E-state index >= 15 is 0 Å². The van der Waals surface area contributed by atoms with Gasteiger partial charge in [-0.25, -0.2) is 0 Å². The van der Waals surface area contributed by atoms with Crippen LogP contribution in [0.5, 0.6) is 0 Å². The Morgan fingerprint density at radius 1 is 0.479 bits per heavy atom. The highest BCUT2D eigenvalue weighted by Gasteiger charge is 2.50. The minimum absolute atomic E-state index is 0.0301. The van der Waals surface area contributed by atoms with Crippen LogP contribution in [-0.2, 0) is 27.1 Å². The quantitative estimate of drug-likeness (QED) is 0.165. The molecule has 71 heavy (non-hydrogen) atoms. The number of para-hydroxylation sites is 2. The fourth-order valence-electron chi connectivity index (χ4n) is 13.7. The highest BCUT2D eigenvalue weighted by atomic mass is 16.3. The monoisotopic (exact) mass is 925 g/mol. The lowest BCUT2D eigenvalue weighted by molar-refractivity contribution is 0.332. The van der Waals surface area contributed by atoms with E-state index in [0.717, 1.165) is 34.0 Å². The second-order valence-corrected chi connectivity index (χ2v) is 24.8. The molecule has 2 aliphatic heterocycles. The summed E-state index contributed by atoms with van der Waals surface area (Å²) in [6.07, 6.45) is 2.33. The summed E-state index contributed by atoms with van der Waals surface area (Å²) >= 11 is 0. The third-order valence-electron chi connectivity index (χ3n) is 17.8. The maximum atomic E-state index is 6.85. The third kappa shape index (κ3) is 6.16. The van der Waals surface area contributed by atoms with E-state index in [0.29, 0.717) is 0 Å². The first kappa shape index (κ1) is 44.2. The second-order valence-electron chi connectivity index (χ2n) is 24.8. The summed E-state index contributed by atoms with van der Waals surface area (Å²) in [4.78, 5) is 5.37. The van der Waals surface area contributed by atoms with Gasteiger partial charge in [0.05, 0.1) is 16.8 Å². The van der Waals surface area contributed by atoms with Crippen molar-refractivity contribution in [1.29, 1.82) is 0 Å². The standard InChI is InChI=1S/C67H65BN2O/c1-40-34-47-48(65(7,8)33-32-64(47,5)6)38-54(40)69-55-39-50-49(66(9,10)45-26-18-19-27-46(45)67(50,11)12)37-52(55)68-51-30-31-59-60(44-25-17-21-29-58(44)71-59)62(51)70(57-36-42(63(2,3)4)35-56(69)61(57)68)53-28-20-16-24-43(53)41-22-14-13-15-23-41/h13-31,34-39H,32-33H2,1-12H3. The first-order valence-electron chi connectivity index (χ1n) is 26.1. The highest BCUT2D eigenvalue weighted by Crippen LogP contribution is 2.56. The molecule has 4 aliphatic rings. The molecule has 0 bridgehead atoms. The van der Waals surface area contributed by atoms with Crippen molar-refractivity contribution in [3.63, 3.8) is 0 Å². The summed E-state index contributed by atoms with van der Waals surface area (Å²) < 4.78 is 6.85. The number of benzene rings is 8.